The Kier molecular flexibility index (Phi) is 6.97. The molecule has 0 fully saturated rings. The highest BCUT2D eigenvalue weighted by Crippen LogP contribution is 2.38. The number of ether oxygens (including phenoxy) is 2. The number of methoxy groups -OCH3 is 2. The predicted octanol–water partition coefficient (Wildman–Crippen LogP) is 3.75. The monoisotopic (exact) mass is 417 g/mol. The van der Waals surface area contributed by atoms with Gasteiger partial charge in [-0.2, -0.15) is 5.26 Å². The lowest BCUT2D eigenvalue weighted by atomic mass is 10.0. The quantitative estimate of drug-likeness (QED) is 0.516. The van der Waals surface area contributed by atoms with E-state index >= 15 is 0 Å². The number of benzene rings is 3. The zero-order chi connectivity index (χ0) is 22.2. The summed E-state index contributed by atoms with van der Waals surface area (Å²) in [5, 5.41) is 25.6. The van der Waals surface area contributed by atoms with Crippen molar-refractivity contribution in [1.29, 1.82) is 5.26 Å². The van der Waals surface area contributed by atoms with Gasteiger partial charge >= 0.3 is 0 Å². The van der Waals surface area contributed by atoms with Crippen molar-refractivity contribution in [3.05, 3.63) is 83.4 Å². The number of nitriles is 1. The highest BCUT2D eigenvalue weighted by atomic mass is 16.5. The standard InChI is InChI=1S/C24H23N3O4/c1-30-21-12-19(20(28)13-22(21)31-2)23(27-18-10-8-16(14-25)9-11-18)24(29)26-15-17-6-4-3-5-7-17/h3-13,23,27-28H,15H2,1-2H3,(H,26,29). The van der Waals surface area contributed by atoms with Crippen molar-refractivity contribution in [3.8, 4) is 23.3 Å². The van der Waals surface area contributed by atoms with Crippen LogP contribution in [0.2, 0.25) is 0 Å². The van der Waals surface area contributed by atoms with Gasteiger partial charge in [0.05, 0.1) is 25.9 Å². The van der Waals surface area contributed by atoms with Gasteiger partial charge in [-0.15, -0.1) is 0 Å². The molecule has 158 valence electrons. The fraction of sp³-hybridized carbons (Fsp3) is 0.167. The van der Waals surface area contributed by atoms with Crippen LogP contribution in [0.15, 0.2) is 66.7 Å². The van der Waals surface area contributed by atoms with E-state index in [0.29, 0.717) is 34.9 Å². The van der Waals surface area contributed by atoms with Crippen molar-refractivity contribution in [2.45, 2.75) is 12.6 Å². The second-order valence-corrected chi connectivity index (χ2v) is 6.74. The van der Waals surface area contributed by atoms with Gasteiger partial charge in [0.2, 0.25) is 5.91 Å². The number of nitrogens with zero attached hydrogens (tertiary/aromatic N) is 1. The fourth-order valence-electron chi connectivity index (χ4n) is 3.09. The molecule has 0 saturated carbocycles. The number of aromatic hydroxyl groups is 1. The summed E-state index contributed by atoms with van der Waals surface area (Å²) < 4.78 is 10.6. The summed E-state index contributed by atoms with van der Waals surface area (Å²) in [6.45, 7) is 0.333. The Balaban J connectivity index is 1.93. The van der Waals surface area contributed by atoms with Crippen molar-refractivity contribution in [3.63, 3.8) is 0 Å². The molecule has 3 N–H and O–H groups in total. The molecule has 0 saturated heterocycles. The first-order chi connectivity index (χ1) is 15.0. The number of hydrogen-bond donors (Lipinski definition) is 3. The van der Waals surface area contributed by atoms with E-state index in [1.54, 1.807) is 30.3 Å². The van der Waals surface area contributed by atoms with Crippen LogP contribution in [0.5, 0.6) is 17.2 Å². The molecule has 0 bridgehead atoms. The molecular formula is C24H23N3O4. The minimum Gasteiger partial charge on any atom is -0.507 e. The minimum atomic E-state index is -0.920. The maximum Gasteiger partial charge on any atom is 0.247 e. The molecule has 1 amide bonds. The van der Waals surface area contributed by atoms with Crippen LogP contribution >= 0.6 is 0 Å². The molecule has 0 radical (unpaired) electrons. The molecule has 0 heterocycles. The molecule has 0 aliphatic carbocycles. The van der Waals surface area contributed by atoms with E-state index in [9.17, 15) is 9.90 Å². The molecule has 3 aromatic carbocycles. The van der Waals surface area contributed by atoms with E-state index in [-0.39, 0.29) is 11.7 Å². The number of carbonyl (C=O) groups is 1. The van der Waals surface area contributed by atoms with E-state index in [1.165, 1.54) is 20.3 Å². The Labute approximate surface area is 180 Å². The summed E-state index contributed by atoms with van der Waals surface area (Å²) in [7, 11) is 2.95. The number of phenolic OH excluding ortho intramolecular Hbond substituents is 1. The number of anilines is 1. The van der Waals surface area contributed by atoms with E-state index < -0.39 is 6.04 Å². The first kappa shape index (κ1) is 21.5. The predicted molar refractivity (Wildman–Crippen MR) is 117 cm³/mol. The molecule has 1 atom stereocenters. The topological polar surface area (TPSA) is 104 Å². The second-order valence-electron chi connectivity index (χ2n) is 6.74. The van der Waals surface area contributed by atoms with Crippen molar-refractivity contribution in [2.75, 3.05) is 19.5 Å². The Hall–Kier alpha value is -4.18. The summed E-state index contributed by atoms with van der Waals surface area (Å²) in [6, 6.07) is 20.3. The number of carbonyl (C=O) groups excluding carboxylic acids is 1. The molecule has 3 aromatic rings. The number of rotatable bonds is 8. The van der Waals surface area contributed by atoms with Crippen LogP contribution in [-0.2, 0) is 11.3 Å². The van der Waals surface area contributed by atoms with Crippen molar-refractivity contribution in [1.82, 2.24) is 5.32 Å². The maximum absolute atomic E-state index is 13.1. The van der Waals surface area contributed by atoms with Crippen LogP contribution in [0.25, 0.3) is 0 Å². The van der Waals surface area contributed by atoms with Gasteiger partial charge in [0.1, 0.15) is 11.8 Å². The van der Waals surface area contributed by atoms with Crippen molar-refractivity contribution in [2.24, 2.45) is 0 Å². The molecule has 3 rings (SSSR count). The van der Waals surface area contributed by atoms with E-state index in [1.807, 2.05) is 30.3 Å². The van der Waals surface area contributed by atoms with Gasteiger partial charge in [0.15, 0.2) is 11.5 Å². The molecular weight excluding hydrogens is 394 g/mol. The third-order valence-electron chi connectivity index (χ3n) is 4.74. The average Bonchev–Trinajstić information content (AvgIpc) is 2.82. The Morgan fingerprint density at radius 3 is 2.29 bits per heavy atom. The van der Waals surface area contributed by atoms with Gasteiger partial charge in [-0.1, -0.05) is 30.3 Å². The summed E-state index contributed by atoms with van der Waals surface area (Å²) in [6.07, 6.45) is 0. The molecule has 0 aromatic heterocycles. The van der Waals surface area contributed by atoms with Gasteiger partial charge in [-0.05, 0) is 35.9 Å². The first-order valence-electron chi connectivity index (χ1n) is 9.59. The number of nitrogens with one attached hydrogen (secondary N) is 2. The van der Waals surface area contributed by atoms with Crippen LogP contribution in [-0.4, -0.2) is 25.2 Å². The molecule has 31 heavy (non-hydrogen) atoms. The SMILES string of the molecule is COc1cc(O)c(C(Nc2ccc(C#N)cc2)C(=O)NCc2ccccc2)cc1OC. The van der Waals surface area contributed by atoms with Crippen LogP contribution < -0.4 is 20.1 Å². The lowest BCUT2D eigenvalue weighted by molar-refractivity contribution is -0.122. The van der Waals surface area contributed by atoms with Crippen LogP contribution in [0.1, 0.15) is 22.7 Å². The highest BCUT2D eigenvalue weighted by Gasteiger charge is 2.25. The number of hydrogen-bond acceptors (Lipinski definition) is 6. The number of phenols is 1. The molecule has 1 unspecified atom stereocenters. The van der Waals surface area contributed by atoms with E-state index in [2.05, 4.69) is 16.7 Å². The third kappa shape index (κ3) is 5.25. The largest absolute Gasteiger partial charge is 0.507 e. The first-order valence-corrected chi connectivity index (χ1v) is 9.59. The normalized spacial score (nSPS) is 11.1. The Morgan fingerprint density at radius 2 is 1.68 bits per heavy atom. The summed E-state index contributed by atoms with van der Waals surface area (Å²) in [4.78, 5) is 13.1. The maximum atomic E-state index is 13.1. The minimum absolute atomic E-state index is 0.112. The van der Waals surface area contributed by atoms with Gasteiger partial charge in [0, 0.05) is 23.9 Å². The van der Waals surface area contributed by atoms with Crippen LogP contribution in [0.4, 0.5) is 5.69 Å². The lowest BCUT2D eigenvalue weighted by Crippen LogP contribution is -2.33. The molecule has 0 aliphatic rings. The van der Waals surface area contributed by atoms with Gasteiger partial charge < -0.3 is 25.2 Å². The second kappa shape index (κ2) is 10.0. The zero-order valence-electron chi connectivity index (χ0n) is 17.3. The molecule has 0 spiro atoms. The zero-order valence-corrected chi connectivity index (χ0v) is 17.3. The molecule has 0 aliphatic heterocycles. The van der Waals surface area contributed by atoms with E-state index in [4.69, 9.17) is 14.7 Å². The summed E-state index contributed by atoms with van der Waals surface area (Å²) >= 11 is 0. The van der Waals surface area contributed by atoms with Crippen molar-refractivity contribution >= 4 is 11.6 Å². The smallest absolute Gasteiger partial charge is 0.247 e. The van der Waals surface area contributed by atoms with Gasteiger partial charge in [0.25, 0.3) is 0 Å². The van der Waals surface area contributed by atoms with Gasteiger partial charge in [-0.25, -0.2) is 0 Å². The summed E-state index contributed by atoms with van der Waals surface area (Å²) in [5.74, 6) is 0.290. The average molecular weight is 417 g/mol. The van der Waals surface area contributed by atoms with Crippen molar-refractivity contribution < 1.29 is 19.4 Å². The summed E-state index contributed by atoms with van der Waals surface area (Å²) in [5.41, 5.74) is 2.40. The lowest BCUT2D eigenvalue weighted by Gasteiger charge is -2.22. The number of amides is 1. The molecule has 7 heteroatoms. The Bertz CT molecular complexity index is 1080. The Morgan fingerprint density at radius 1 is 1.03 bits per heavy atom. The molecule has 7 nitrogen and oxygen atoms in total. The highest BCUT2D eigenvalue weighted by molar-refractivity contribution is 5.87. The van der Waals surface area contributed by atoms with Crippen LogP contribution in [0, 0.1) is 11.3 Å². The fourth-order valence-corrected chi connectivity index (χ4v) is 3.09. The van der Waals surface area contributed by atoms with Crippen LogP contribution in [0.3, 0.4) is 0 Å². The van der Waals surface area contributed by atoms with E-state index in [0.717, 1.165) is 5.56 Å². The third-order valence-corrected chi connectivity index (χ3v) is 4.74. The van der Waals surface area contributed by atoms with Gasteiger partial charge in [-0.3, -0.25) is 4.79 Å².